The fraction of sp³-hybridized carbons (Fsp3) is 0.507. The van der Waals surface area contributed by atoms with Crippen LogP contribution in [0.4, 0.5) is 0 Å². The van der Waals surface area contributed by atoms with Crippen molar-refractivity contribution in [3.8, 4) is 44.5 Å². The Morgan fingerprint density at radius 1 is 0.106 bits per heavy atom. The van der Waals surface area contributed by atoms with Gasteiger partial charge in [0.2, 0.25) is 0 Å². The van der Waals surface area contributed by atoms with Crippen molar-refractivity contribution in [2.24, 2.45) is 0 Å². The van der Waals surface area contributed by atoms with Gasteiger partial charge in [-0.15, -0.1) is 0 Å². The summed E-state index contributed by atoms with van der Waals surface area (Å²) >= 11 is 0. The Labute approximate surface area is 857 Å². The highest BCUT2D eigenvalue weighted by Gasteiger charge is 2.37. The molecule has 0 aliphatic heterocycles. The van der Waals surface area contributed by atoms with Crippen LogP contribution in [0.2, 0.25) is 0 Å². The third kappa shape index (κ3) is 22.3. The first-order valence-corrected chi connectivity index (χ1v) is 60.6. The van der Waals surface area contributed by atoms with Gasteiger partial charge in [0.15, 0.2) is 0 Å². The molecule has 0 nitrogen and oxygen atoms in total. The molecule has 0 amide bonds. The van der Waals surface area contributed by atoms with Gasteiger partial charge in [-0.25, -0.2) is 0 Å². The number of hydrogen-bond donors (Lipinski definition) is 0. The number of aryl methyl sites for hydroxylation is 6. The molecular weight excluding hydrogens is 1710 g/mol. The Kier molecular flexibility index (Phi) is 36.3. The predicted octanol–water partition coefficient (Wildman–Crippen LogP) is 46.8. The monoisotopic (exact) mass is 1880 g/mol. The molecule has 0 heterocycles. The van der Waals surface area contributed by atoms with Gasteiger partial charge in [0.1, 0.15) is 0 Å². The molecule has 746 valence electrons. The Balaban J connectivity index is 0.831. The molecule has 0 saturated heterocycles. The lowest BCUT2D eigenvalue weighted by atomic mass is 9.70. The fourth-order valence-corrected chi connectivity index (χ4v) is 27.5. The van der Waals surface area contributed by atoms with Gasteiger partial charge in [-0.3, -0.25) is 0 Å². The summed E-state index contributed by atoms with van der Waals surface area (Å²) in [6.07, 6.45) is 88.1. The van der Waals surface area contributed by atoms with E-state index in [0.717, 1.165) is 38.5 Å². The Bertz CT molecular complexity index is 6190. The summed E-state index contributed by atoms with van der Waals surface area (Å²) in [4.78, 5) is 0. The number of rotatable bonds is 70. The molecule has 19 aromatic rings. The number of hydrogen-bond acceptors (Lipinski definition) is 0. The number of unbranched alkanes of at least 4 members (excludes halogenated alkanes) is 54. The minimum atomic E-state index is 1.09. The summed E-state index contributed by atoms with van der Waals surface area (Å²) < 4.78 is 0. The van der Waals surface area contributed by atoms with Crippen molar-refractivity contribution >= 4 is 151 Å². The molecule has 0 spiro atoms. The molecule has 0 bridgehead atoms. The topological polar surface area (TPSA) is 0 Å². The van der Waals surface area contributed by atoms with E-state index in [0.29, 0.717) is 0 Å². The molecule has 0 aromatic heterocycles. The summed E-state index contributed by atoms with van der Waals surface area (Å²) in [6.45, 7) is 14.1. The molecule has 19 rings (SSSR count). The molecule has 0 saturated carbocycles. The van der Waals surface area contributed by atoms with E-state index in [9.17, 15) is 0 Å². The van der Waals surface area contributed by atoms with E-state index >= 15 is 0 Å². The first-order valence-electron chi connectivity index (χ1n) is 60.6. The first-order chi connectivity index (χ1) is 70.4. The third-order valence-electron chi connectivity index (χ3n) is 35.3. The SMILES string of the molecule is CCCCCCCCCCCCc1ccc(-c2c(-c3ccc(CCCCCCCCCCCC)cc3)c3ccc4c5cc(CCCCCCCCCCCC)cc6c7ccc8c(-c9ccc(CCCCCCCCCCCC)cc9)c(-c9ccc(CCCCCCCCCCCC)cc9)c9ccc%10c%11cc(CCCCCCCCCCCC)cc%12c%13ccc2c2c3c4c3c(c56)c4c7c8c9c%10c4c(c%12%11)c3c%132)cc1. The third-order valence-corrected chi connectivity index (χ3v) is 35.3. The van der Waals surface area contributed by atoms with Gasteiger partial charge in [0, 0.05) is 0 Å². The molecular formula is C142H178. The van der Waals surface area contributed by atoms with Crippen LogP contribution >= 0.6 is 0 Å². The highest BCUT2D eigenvalue weighted by molar-refractivity contribution is 6.64. The van der Waals surface area contributed by atoms with Gasteiger partial charge < -0.3 is 0 Å². The lowest BCUT2D eigenvalue weighted by molar-refractivity contribution is 0.556. The van der Waals surface area contributed by atoms with Crippen LogP contribution in [0.25, 0.3) is 195 Å². The summed E-state index contributed by atoms with van der Waals surface area (Å²) in [5.41, 5.74) is 19.9. The lowest BCUT2D eigenvalue weighted by Crippen LogP contribution is -2.04. The van der Waals surface area contributed by atoms with Crippen LogP contribution < -0.4 is 0 Å². The second-order valence-electron chi connectivity index (χ2n) is 45.9. The van der Waals surface area contributed by atoms with Crippen molar-refractivity contribution < 1.29 is 0 Å². The minimum absolute atomic E-state index is 1.09. The quantitative estimate of drug-likeness (QED) is 0.0202. The molecule has 0 heteroatoms. The molecule has 0 N–H and O–H groups in total. The lowest BCUT2D eigenvalue weighted by Gasteiger charge is -2.32. The highest BCUT2D eigenvalue weighted by Crippen LogP contribution is 2.65. The summed E-state index contributed by atoms with van der Waals surface area (Å²) in [5, 5.41) is 41.4. The molecule has 0 fully saturated rings. The Morgan fingerprint density at radius 2 is 0.239 bits per heavy atom. The second kappa shape index (κ2) is 50.8. The smallest absolute Gasteiger partial charge is 0.0000245 e. The summed E-state index contributed by atoms with van der Waals surface area (Å²) in [5.74, 6) is 0. The molecule has 0 unspecified atom stereocenters. The Morgan fingerprint density at radius 3 is 0.408 bits per heavy atom. The van der Waals surface area contributed by atoms with Crippen LogP contribution in [0.1, 0.15) is 460 Å². The van der Waals surface area contributed by atoms with Gasteiger partial charge in [0.05, 0.1) is 0 Å². The van der Waals surface area contributed by atoms with Crippen LogP contribution in [0.15, 0.2) is 170 Å². The zero-order valence-electron chi connectivity index (χ0n) is 89.8. The zero-order valence-corrected chi connectivity index (χ0v) is 89.8. The van der Waals surface area contributed by atoms with Gasteiger partial charge in [-0.2, -0.15) is 0 Å². The predicted molar refractivity (Wildman–Crippen MR) is 636 cm³/mol. The Hall–Kier alpha value is -9.10. The van der Waals surface area contributed by atoms with Crippen LogP contribution in [-0.2, 0) is 38.5 Å². The van der Waals surface area contributed by atoms with Crippen molar-refractivity contribution in [1.82, 2.24) is 0 Å². The van der Waals surface area contributed by atoms with Crippen LogP contribution in [-0.4, -0.2) is 0 Å². The van der Waals surface area contributed by atoms with E-state index in [4.69, 9.17) is 0 Å². The maximum atomic E-state index is 2.77. The second-order valence-corrected chi connectivity index (χ2v) is 45.9. The van der Waals surface area contributed by atoms with Crippen molar-refractivity contribution in [2.45, 2.75) is 465 Å². The average molecular weight is 1880 g/mol. The molecule has 0 radical (unpaired) electrons. The number of benzene rings is 19. The van der Waals surface area contributed by atoms with Crippen molar-refractivity contribution in [3.05, 3.63) is 203 Å². The zero-order chi connectivity index (χ0) is 96.7. The van der Waals surface area contributed by atoms with Gasteiger partial charge in [-0.05, 0) is 306 Å². The van der Waals surface area contributed by atoms with Gasteiger partial charge in [0.25, 0.3) is 0 Å². The standard InChI is InChI=1S/C142H178/c1-7-13-19-25-31-37-43-49-55-61-67-101-73-81-107(82-74-101)123-115-93-89-111-119-97-105(71-65-59-53-47-41-35-29-23-17-11-5)99-121-113-91-95-117-125(109-85-77-103(78-86-109)69-63-57-51-45-39-33-27-21-15-9-3)126(110-87-79-104(80-88-110)70-64-58-52-46-40-34-28-22-16-10-4)118-96-92-114-122-100-106(72-66-60-54-48-42-36-30-24-18-12-6)98-120-112-90-94-116(124(123)108-83-75-102(76-84-108)68-62-56-50-44-38-32-26-20-14-8-2)134-130(112)140-138(128(120)122)142-132(114)136(118)135(117)131(113)141(142)137(127(119)121)139(140)129(111)133(115)134/h73-100H,7-72H2,1-6H3. The summed E-state index contributed by atoms with van der Waals surface area (Å²) in [6, 6.07) is 73.6. The van der Waals surface area contributed by atoms with Crippen LogP contribution in [0, 0.1) is 0 Å². The van der Waals surface area contributed by atoms with E-state index in [2.05, 4.69) is 211 Å². The van der Waals surface area contributed by atoms with Crippen LogP contribution in [0.3, 0.4) is 0 Å². The summed E-state index contributed by atoms with van der Waals surface area (Å²) in [7, 11) is 0. The molecule has 142 heavy (non-hydrogen) atoms. The molecule has 19 aromatic carbocycles. The fourth-order valence-electron chi connectivity index (χ4n) is 27.5. The maximum absolute atomic E-state index is 2.77. The average Bonchev–Trinajstić information content (AvgIpc) is 0.632. The van der Waals surface area contributed by atoms with E-state index < -0.39 is 0 Å². The maximum Gasteiger partial charge on any atom is -0.0000245 e. The minimum Gasteiger partial charge on any atom is -0.0654 e. The van der Waals surface area contributed by atoms with Crippen molar-refractivity contribution in [2.75, 3.05) is 0 Å². The van der Waals surface area contributed by atoms with Gasteiger partial charge >= 0.3 is 0 Å². The molecule has 0 aliphatic rings. The van der Waals surface area contributed by atoms with Crippen molar-refractivity contribution in [1.29, 1.82) is 0 Å². The van der Waals surface area contributed by atoms with E-state index in [1.807, 2.05) is 0 Å². The normalized spacial score (nSPS) is 12.6. The first kappa shape index (κ1) is 102. The van der Waals surface area contributed by atoms with Crippen molar-refractivity contribution in [3.63, 3.8) is 0 Å². The van der Waals surface area contributed by atoms with Crippen LogP contribution in [0.5, 0.6) is 0 Å². The van der Waals surface area contributed by atoms with E-state index in [1.54, 1.807) is 0 Å². The molecule has 0 aliphatic carbocycles. The van der Waals surface area contributed by atoms with E-state index in [-0.39, 0.29) is 0 Å². The number of fused-ring (bicyclic) bond motifs is 4. The van der Waals surface area contributed by atoms with Gasteiger partial charge in [-0.1, -0.05) is 558 Å². The molecule has 0 atom stereocenters. The largest absolute Gasteiger partial charge is 0.0654 e. The van der Waals surface area contributed by atoms with E-state index in [1.165, 1.54) is 614 Å². The highest BCUT2D eigenvalue weighted by atomic mass is 14.4.